The van der Waals surface area contributed by atoms with Crippen LogP contribution in [0.3, 0.4) is 0 Å². The summed E-state index contributed by atoms with van der Waals surface area (Å²) >= 11 is 0. The van der Waals surface area contributed by atoms with Crippen LogP contribution in [-0.2, 0) is 0 Å². The molecule has 0 fully saturated rings. The first kappa shape index (κ1) is 20.0. The number of hydrogen-bond donors (Lipinski definition) is 3. The van der Waals surface area contributed by atoms with Gasteiger partial charge in [0, 0.05) is 14.1 Å². The predicted octanol–water partition coefficient (Wildman–Crippen LogP) is 1.35. The van der Waals surface area contributed by atoms with Crippen molar-refractivity contribution in [3.05, 3.63) is 0 Å². The molecule has 0 unspecified atom stereocenters. The molecule has 0 saturated carbocycles. The van der Waals surface area contributed by atoms with Crippen LogP contribution in [0.1, 0.15) is 0 Å². The number of hydrogen-bond acceptors (Lipinski definition) is 7. The van der Waals surface area contributed by atoms with Crippen LogP contribution < -0.4 is 34.3 Å². The van der Waals surface area contributed by atoms with Crippen LogP contribution >= 0.6 is 0 Å². The maximum absolute atomic E-state index is 12.2. The number of rotatable bonds is 6. The standard InChI is InChI=1S/C15H24N4O6/c1-19(2)14(16)18-15(20)17-8-9(21-3)11(23-5)13(25-7)12(24-6)10(8)22-4/h1-7H3,(H3,16,17,18,20). The van der Waals surface area contributed by atoms with Gasteiger partial charge in [0.15, 0.2) is 17.5 Å². The predicted molar refractivity (Wildman–Crippen MR) is 92.8 cm³/mol. The van der Waals surface area contributed by atoms with E-state index in [-0.39, 0.29) is 40.4 Å². The van der Waals surface area contributed by atoms with Gasteiger partial charge in [-0.2, -0.15) is 0 Å². The van der Waals surface area contributed by atoms with Crippen molar-refractivity contribution in [2.45, 2.75) is 0 Å². The maximum Gasteiger partial charge on any atom is 0.326 e. The highest BCUT2D eigenvalue weighted by Gasteiger charge is 2.29. The van der Waals surface area contributed by atoms with E-state index < -0.39 is 6.03 Å². The Morgan fingerprint density at radius 2 is 1.16 bits per heavy atom. The second kappa shape index (κ2) is 8.71. The molecular weight excluding hydrogens is 332 g/mol. The summed E-state index contributed by atoms with van der Waals surface area (Å²) in [6, 6.07) is -0.662. The lowest BCUT2D eigenvalue weighted by Crippen LogP contribution is -2.41. The highest BCUT2D eigenvalue weighted by atomic mass is 16.6. The smallest absolute Gasteiger partial charge is 0.326 e. The van der Waals surface area contributed by atoms with Gasteiger partial charge in [0.25, 0.3) is 0 Å². The van der Waals surface area contributed by atoms with Crippen LogP contribution in [0.5, 0.6) is 28.7 Å². The topological polar surface area (TPSA) is 114 Å². The summed E-state index contributed by atoms with van der Waals surface area (Å²) in [7, 11) is 10.4. The molecule has 10 heteroatoms. The number of urea groups is 1. The molecule has 0 aliphatic carbocycles. The van der Waals surface area contributed by atoms with E-state index >= 15 is 0 Å². The molecule has 0 saturated heterocycles. The molecule has 140 valence electrons. The number of ether oxygens (including phenoxy) is 5. The monoisotopic (exact) mass is 356 g/mol. The van der Waals surface area contributed by atoms with E-state index in [4.69, 9.17) is 29.1 Å². The Hall–Kier alpha value is -3.04. The Labute approximate surface area is 146 Å². The minimum Gasteiger partial charge on any atom is -0.491 e. The Kier molecular flexibility index (Phi) is 6.97. The van der Waals surface area contributed by atoms with Crippen molar-refractivity contribution >= 4 is 17.7 Å². The lowest BCUT2D eigenvalue weighted by Gasteiger charge is -2.22. The van der Waals surface area contributed by atoms with Gasteiger partial charge < -0.3 is 33.9 Å². The van der Waals surface area contributed by atoms with Gasteiger partial charge in [0.2, 0.25) is 17.2 Å². The summed E-state index contributed by atoms with van der Waals surface area (Å²) in [5.74, 6) is 0.974. The lowest BCUT2D eigenvalue weighted by atomic mass is 10.2. The zero-order valence-electron chi connectivity index (χ0n) is 15.4. The summed E-state index contributed by atoms with van der Waals surface area (Å²) in [4.78, 5) is 13.6. The van der Waals surface area contributed by atoms with Crippen molar-refractivity contribution in [3.63, 3.8) is 0 Å². The van der Waals surface area contributed by atoms with Gasteiger partial charge in [-0.05, 0) is 0 Å². The molecule has 0 aromatic heterocycles. The van der Waals surface area contributed by atoms with Crippen LogP contribution in [-0.4, -0.2) is 66.5 Å². The molecule has 0 bridgehead atoms. The normalized spacial score (nSPS) is 9.72. The van der Waals surface area contributed by atoms with E-state index in [1.807, 2.05) is 0 Å². The molecule has 0 aliphatic heterocycles. The van der Waals surface area contributed by atoms with Gasteiger partial charge in [-0.15, -0.1) is 0 Å². The average molecular weight is 356 g/mol. The SMILES string of the molecule is COc1c(NC(=O)NC(=N)N(C)C)c(OC)c(OC)c(OC)c1OC. The largest absolute Gasteiger partial charge is 0.491 e. The molecule has 25 heavy (non-hydrogen) atoms. The highest BCUT2D eigenvalue weighted by molar-refractivity contribution is 6.03. The number of methoxy groups -OCH3 is 5. The van der Waals surface area contributed by atoms with Crippen molar-refractivity contribution in [1.82, 2.24) is 10.2 Å². The number of guanidine groups is 1. The highest BCUT2D eigenvalue weighted by Crippen LogP contribution is 2.56. The van der Waals surface area contributed by atoms with Gasteiger partial charge in [-0.25, -0.2) is 4.79 Å². The number of nitrogens with zero attached hydrogens (tertiary/aromatic N) is 1. The molecule has 0 heterocycles. The summed E-state index contributed by atoms with van der Waals surface area (Å²) < 4.78 is 26.7. The number of carbonyl (C=O) groups is 1. The quantitative estimate of drug-likeness (QED) is 0.520. The first-order chi connectivity index (χ1) is 11.9. The molecule has 2 amide bonds. The zero-order chi connectivity index (χ0) is 19.1. The van der Waals surface area contributed by atoms with E-state index in [2.05, 4.69) is 10.6 Å². The second-order valence-corrected chi connectivity index (χ2v) is 4.86. The Balaban J connectivity index is 3.46. The second-order valence-electron chi connectivity index (χ2n) is 4.86. The van der Waals surface area contributed by atoms with Gasteiger partial charge in [0.1, 0.15) is 5.69 Å². The number of nitrogens with one attached hydrogen (secondary N) is 3. The van der Waals surface area contributed by atoms with Crippen molar-refractivity contribution < 1.29 is 28.5 Å². The first-order valence-electron chi connectivity index (χ1n) is 7.13. The fourth-order valence-corrected chi connectivity index (χ4v) is 2.06. The molecule has 1 aromatic carbocycles. The van der Waals surface area contributed by atoms with E-state index in [0.29, 0.717) is 0 Å². The van der Waals surface area contributed by atoms with Crippen molar-refractivity contribution in [2.75, 3.05) is 55.0 Å². The van der Waals surface area contributed by atoms with Crippen molar-refractivity contribution in [1.29, 1.82) is 5.41 Å². The number of benzene rings is 1. The molecule has 1 rings (SSSR count). The molecule has 1 aromatic rings. The minimum absolute atomic E-state index is 0.0946. The van der Waals surface area contributed by atoms with Crippen LogP contribution in [0.2, 0.25) is 0 Å². The molecule has 0 spiro atoms. The van der Waals surface area contributed by atoms with Crippen LogP contribution in [0.25, 0.3) is 0 Å². The molecule has 3 N–H and O–H groups in total. The third kappa shape index (κ3) is 4.08. The van der Waals surface area contributed by atoms with Crippen LogP contribution in [0.15, 0.2) is 0 Å². The zero-order valence-corrected chi connectivity index (χ0v) is 15.4. The molecule has 10 nitrogen and oxygen atoms in total. The average Bonchev–Trinajstić information content (AvgIpc) is 2.59. The molecule has 0 aliphatic rings. The fourth-order valence-electron chi connectivity index (χ4n) is 2.06. The van der Waals surface area contributed by atoms with Gasteiger partial charge in [0.05, 0.1) is 35.5 Å². The summed E-state index contributed by atoms with van der Waals surface area (Å²) in [5, 5.41) is 12.6. The first-order valence-corrected chi connectivity index (χ1v) is 7.13. The Bertz CT molecular complexity index is 614. The summed E-state index contributed by atoms with van der Waals surface area (Å²) in [5.41, 5.74) is 0.170. The molecule has 0 atom stereocenters. The molecule has 0 radical (unpaired) electrons. The van der Waals surface area contributed by atoms with Crippen LogP contribution in [0, 0.1) is 5.41 Å². The fraction of sp³-hybridized carbons (Fsp3) is 0.467. The summed E-state index contributed by atoms with van der Waals surface area (Å²) in [6.07, 6.45) is 0. The number of anilines is 1. The number of amides is 2. The van der Waals surface area contributed by atoms with Crippen molar-refractivity contribution in [3.8, 4) is 28.7 Å². The Morgan fingerprint density at radius 3 is 1.48 bits per heavy atom. The van der Waals surface area contributed by atoms with Crippen molar-refractivity contribution in [2.24, 2.45) is 0 Å². The van der Waals surface area contributed by atoms with Gasteiger partial charge in [-0.1, -0.05) is 0 Å². The van der Waals surface area contributed by atoms with E-state index in [9.17, 15) is 4.79 Å². The number of carbonyl (C=O) groups excluding carboxylic acids is 1. The van der Waals surface area contributed by atoms with E-state index in [1.54, 1.807) is 14.1 Å². The summed E-state index contributed by atoms with van der Waals surface area (Å²) in [6.45, 7) is 0. The third-order valence-corrected chi connectivity index (χ3v) is 3.22. The lowest BCUT2D eigenvalue weighted by molar-refractivity contribution is 0.254. The van der Waals surface area contributed by atoms with Crippen LogP contribution in [0.4, 0.5) is 10.5 Å². The Morgan fingerprint density at radius 1 is 0.800 bits per heavy atom. The minimum atomic E-state index is -0.662. The third-order valence-electron chi connectivity index (χ3n) is 3.22. The molecular formula is C15H24N4O6. The van der Waals surface area contributed by atoms with Gasteiger partial charge in [-0.3, -0.25) is 10.7 Å². The van der Waals surface area contributed by atoms with E-state index in [0.717, 1.165) is 0 Å². The maximum atomic E-state index is 12.2. The van der Waals surface area contributed by atoms with E-state index in [1.165, 1.54) is 40.4 Å². The van der Waals surface area contributed by atoms with Gasteiger partial charge >= 0.3 is 6.03 Å².